The van der Waals surface area contributed by atoms with E-state index >= 15 is 0 Å². The van der Waals surface area contributed by atoms with Crippen LogP contribution in [0.3, 0.4) is 0 Å². The lowest BCUT2D eigenvalue weighted by Gasteiger charge is -2.14. The predicted molar refractivity (Wildman–Crippen MR) is 60.3 cm³/mol. The van der Waals surface area contributed by atoms with Gasteiger partial charge in [-0.3, -0.25) is 4.79 Å². The molecule has 0 saturated heterocycles. The number of Topliss-reactive ketones (excluding diaryl/α,β-unsaturated/α-hetero) is 1. The van der Waals surface area contributed by atoms with E-state index in [0.29, 0.717) is 11.2 Å². The second-order valence-electron chi connectivity index (χ2n) is 5.72. The van der Waals surface area contributed by atoms with Crippen molar-refractivity contribution in [3.63, 3.8) is 0 Å². The van der Waals surface area contributed by atoms with Gasteiger partial charge in [0.2, 0.25) is 0 Å². The molecule has 0 atom stereocenters. The second kappa shape index (κ2) is 2.72. The van der Waals surface area contributed by atoms with Crippen molar-refractivity contribution < 1.29 is 4.79 Å². The Hall–Kier alpha value is -1.11. The van der Waals surface area contributed by atoms with Gasteiger partial charge in [-0.05, 0) is 47.4 Å². The van der Waals surface area contributed by atoms with Crippen LogP contribution < -0.4 is 0 Å². The predicted octanol–water partition coefficient (Wildman–Crippen LogP) is 2.94. The van der Waals surface area contributed by atoms with Crippen LogP contribution >= 0.6 is 0 Å². The van der Waals surface area contributed by atoms with Crippen LogP contribution in [0.15, 0.2) is 12.1 Å². The minimum Gasteiger partial charge on any atom is -0.294 e. The van der Waals surface area contributed by atoms with Crippen molar-refractivity contribution in [1.29, 1.82) is 0 Å². The van der Waals surface area contributed by atoms with Crippen molar-refractivity contribution in [2.45, 2.75) is 39.5 Å². The Labute approximate surface area is 90.5 Å². The van der Waals surface area contributed by atoms with Gasteiger partial charge in [0.05, 0.1) is 0 Å². The Morgan fingerprint density at radius 3 is 2.40 bits per heavy atom. The molecule has 1 aromatic carbocycles. The van der Waals surface area contributed by atoms with E-state index in [2.05, 4.69) is 26.0 Å². The average Bonchev–Trinajstić information content (AvgIpc) is 2.62. The smallest absolute Gasteiger partial charge is 0.163 e. The molecule has 1 nitrogen and oxygen atoms in total. The monoisotopic (exact) mass is 200 g/mol. The highest BCUT2D eigenvalue weighted by Gasteiger charge is 2.31. The number of carbonyl (C=O) groups is 1. The van der Waals surface area contributed by atoms with Gasteiger partial charge in [0, 0.05) is 12.0 Å². The third-order valence-electron chi connectivity index (χ3n) is 3.69. The molecule has 0 fully saturated rings. The lowest BCUT2D eigenvalue weighted by atomic mass is 9.90. The highest BCUT2D eigenvalue weighted by Crippen LogP contribution is 2.38. The lowest BCUT2D eigenvalue weighted by Crippen LogP contribution is -2.09. The SMILES string of the molecule is CC1(C)Cc2cc3c(cc2C1)C(=O)CC3. The second-order valence-corrected chi connectivity index (χ2v) is 5.72. The molecule has 0 unspecified atom stereocenters. The first kappa shape index (κ1) is 9.14. The van der Waals surface area contributed by atoms with Crippen molar-refractivity contribution in [3.8, 4) is 0 Å². The van der Waals surface area contributed by atoms with Crippen molar-refractivity contribution in [2.75, 3.05) is 0 Å². The van der Waals surface area contributed by atoms with Gasteiger partial charge in [0.15, 0.2) is 5.78 Å². The Balaban J connectivity index is 2.12. The van der Waals surface area contributed by atoms with E-state index in [9.17, 15) is 4.79 Å². The van der Waals surface area contributed by atoms with E-state index < -0.39 is 0 Å². The van der Waals surface area contributed by atoms with Crippen LogP contribution in [0.4, 0.5) is 0 Å². The van der Waals surface area contributed by atoms with Gasteiger partial charge in [-0.1, -0.05) is 19.9 Å². The highest BCUT2D eigenvalue weighted by atomic mass is 16.1. The minimum atomic E-state index is 0.345. The molecule has 0 spiro atoms. The van der Waals surface area contributed by atoms with Gasteiger partial charge < -0.3 is 0 Å². The molecule has 1 aromatic rings. The summed E-state index contributed by atoms with van der Waals surface area (Å²) in [5.74, 6) is 0.345. The topological polar surface area (TPSA) is 17.1 Å². The van der Waals surface area contributed by atoms with E-state index in [0.717, 1.165) is 24.8 Å². The van der Waals surface area contributed by atoms with Gasteiger partial charge in [-0.25, -0.2) is 0 Å². The summed E-state index contributed by atoms with van der Waals surface area (Å²) in [6.45, 7) is 4.61. The molecule has 0 heterocycles. The number of aryl methyl sites for hydroxylation is 1. The quantitative estimate of drug-likeness (QED) is 0.629. The van der Waals surface area contributed by atoms with Crippen molar-refractivity contribution in [2.24, 2.45) is 5.41 Å². The Bertz CT molecular complexity index is 455. The summed E-state index contributed by atoms with van der Waals surface area (Å²) in [5.41, 5.74) is 5.57. The number of carbonyl (C=O) groups excluding carboxylic acids is 1. The number of hydrogen-bond acceptors (Lipinski definition) is 1. The molecule has 0 aromatic heterocycles. The number of benzene rings is 1. The third kappa shape index (κ3) is 1.33. The molecule has 0 amide bonds. The molecule has 2 aliphatic rings. The summed E-state index contributed by atoms with van der Waals surface area (Å²) >= 11 is 0. The number of hydrogen-bond donors (Lipinski definition) is 0. The summed E-state index contributed by atoms with van der Waals surface area (Å²) in [4.78, 5) is 11.6. The molecular formula is C14H16O. The molecule has 0 N–H and O–H groups in total. The maximum Gasteiger partial charge on any atom is 0.163 e. The van der Waals surface area contributed by atoms with E-state index in [4.69, 9.17) is 0 Å². The molecule has 0 aliphatic heterocycles. The average molecular weight is 200 g/mol. The first-order valence-electron chi connectivity index (χ1n) is 5.73. The van der Waals surface area contributed by atoms with E-state index in [1.54, 1.807) is 0 Å². The summed E-state index contributed by atoms with van der Waals surface area (Å²) < 4.78 is 0. The molecular weight excluding hydrogens is 184 g/mol. The van der Waals surface area contributed by atoms with Crippen molar-refractivity contribution >= 4 is 5.78 Å². The van der Waals surface area contributed by atoms with Crippen molar-refractivity contribution in [3.05, 3.63) is 34.4 Å². The van der Waals surface area contributed by atoms with Crippen molar-refractivity contribution in [1.82, 2.24) is 0 Å². The third-order valence-corrected chi connectivity index (χ3v) is 3.69. The first-order chi connectivity index (χ1) is 7.05. The van der Waals surface area contributed by atoms with Gasteiger partial charge in [0.25, 0.3) is 0 Å². The van der Waals surface area contributed by atoms with Crippen LogP contribution in [-0.4, -0.2) is 5.78 Å². The first-order valence-corrected chi connectivity index (χ1v) is 5.73. The lowest BCUT2D eigenvalue weighted by molar-refractivity contribution is 0.0994. The number of ketones is 1. The van der Waals surface area contributed by atoms with Gasteiger partial charge in [-0.15, -0.1) is 0 Å². The van der Waals surface area contributed by atoms with E-state index in [-0.39, 0.29) is 0 Å². The fourth-order valence-electron chi connectivity index (χ4n) is 3.01. The summed E-state index contributed by atoms with van der Waals surface area (Å²) in [7, 11) is 0. The van der Waals surface area contributed by atoms with Crippen LogP contribution in [0.25, 0.3) is 0 Å². The summed E-state index contributed by atoms with van der Waals surface area (Å²) in [5, 5.41) is 0. The largest absolute Gasteiger partial charge is 0.294 e. The fourth-order valence-corrected chi connectivity index (χ4v) is 3.01. The van der Waals surface area contributed by atoms with Gasteiger partial charge >= 0.3 is 0 Å². The number of fused-ring (bicyclic) bond motifs is 2. The van der Waals surface area contributed by atoms with Gasteiger partial charge in [-0.2, -0.15) is 0 Å². The van der Waals surface area contributed by atoms with Gasteiger partial charge in [0.1, 0.15) is 0 Å². The van der Waals surface area contributed by atoms with E-state index in [1.807, 2.05) is 0 Å². The normalized spacial score (nSPS) is 21.6. The van der Waals surface area contributed by atoms with Crippen LogP contribution in [-0.2, 0) is 19.3 Å². The summed E-state index contributed by atoms with van der Waals surface area (Å²) in [6.07, 6.45) is 3.98. The molecule has 0 bridgehead atoms. The standard InChI is InChI=1S/C14H16O/c1-14(2)7-10-5-9-3-4-13(15)12(9)6-11(10)8-14/h5-6H,3-4,7-8H2,1-2H3. The maximum absolute atomic E-state index is 11.6. The van der Waals surface area contributed by atoms with E-state index in [1.165, 1.54) is 23.1 Å². The van der Waals surface area contributed by atoms with Crippen LogP contribution in [0.1, 0.15) is 47.3 Å². The Morgan fingerprint density at radius 1 is 1.00 bits per heavy atom. The molecule has 0 saturated carbocycles. The number of rotatable bonds is 0. The molecule has 78 valence electrons. The molecule has 3 rings (SSSR count). The molecule has 0 radical (unpaired) electrons. The van der Waals surface area contributed by atoms with Crippen LogP contribution in [0.5, 0.6) is 0 Å². The highest BCUT2D eigenvalue weighted by molar-refractivity contribution is 6.00. The molecule has 15 heavy (non-hydrogen) atoms. The Kier molecular flexibility index (Phi) is 1.66. The zero-order chi connectivity index (χ0) is 10.6. The van der Waals surface area contributed by atoms with Crippen LogP contribution in [0, 0.1) is 5.41 Å². The molecule has 1 heteroatoms. The minimum absolute atomic E-state index is 0.345. The fraction of sp³-hybridized carbons (Fsp3) is 0.500. The maximum atomic E-state index is 11.6. The zero-order valence-corrected chi connectivity index (χ0v) is 9.39. The zero-order valence-electron chi connectivity index (χ0n) is 9.39. The molecule has 2 aliphatic carbocycles. The van der Waals surface area contributed by atoms with Crippen LogP contribution in [0.2, 0.25) is 0 Å². The summed E-state index contributed by atoms with van der Waals surface area (Å²) in [6, 6.07) is 4.44. The Morgan fingerprint density at radius 2 is 1.67 bits per heavy atom.